The Morgan fingerprint density at radius 2 is 2.00 bits per heavy atom. The van der Waals surface area contributed by atoms with E-state index in [0.29, 0.717) is 29.4 Å². The van der Waals surface area contributed by atoms with Crippen molar-refractivity contribution >= 4 is 23.6 Å². The first-order chi connectivity index (χ1) is 14.1. The number of methoxy groups -OCH3 is 3. The molecule has 0 aliphatic carbocycles. The van der Waals surface area contributed by atoms with Crippen molar-refractivity contribution in [3.8, 4) is 17.2 Å². The highest BCUT2D eigenvalue weighted by molar-refractivity contribution is 7.99. The Morgan fingerprint density at radius 1 is 1.17 bits per heavy atom. The second kappa shape index (κ2) is 7.87. The van der Waals surface area contributed by atoms with E-state index >= 15 is 0 Å². The van der Waals surface area contributed by atoms with Crippen LogP contribution in [0.5, 0.6) is 17.2 Å². The lowest BCUT2D eigenvalue weighted by Crippen LogP contribution is -2.45. The van der Waals surface area contributed by atoms with Gasteiger partial charge >= 0.3 is 0 Å². The van der Waals surface area contributed by atoms with E-state index in [0.717, 1.165) is 16.9 Å². The summed E-state index contributed by atoms with van der Waals surface area (Å²) in [7, 11) is 4.65. The van der Waals surface area contributed by atoms with E-state index in [-0.39, 0.29) is 17.2 Å². The van der Waals surface area contributed by atoms with Crippen molar-refractivity contribution < 1.29 is 23.8 Å². The van der Waals surface area contributed by atoms with Crippen LogP contribution in [-0.4, -0.2) is 49.8 Å². The molecule has 2 aliphatic heterocycles. The van der Waals surface area contributed by atoms with Crippen LogP contribution in [-0.2, 0) is 11.3 Å². The average Bonchev–Trinajstić information content (AvgIpc) is 3.31. The molecule has 152 valence electrons. The molecule has 1 fully saturated rings. The Kier molecular flexibility index (Phi) is 5.27. The number of ether oxygens (including phenoxy) is 3. The van der Waals surface area contributed by atoms with Crippen LogP contribution in [0, 0.1) is 0 Å². The van der Waals surface area contributed by atoms with Crippen LogP contribution in [0.4, 0.5) is 0 Å². The molecule has 2 aromatic rings. The summed E-state index contributed by atoms with van der Waals surface area (Å²) in [6.45, 7) is 0.369. The number of benzene rings is 2. The average molecular weight is 414 g/mol. The number of nitrogens with one attached hydrogen (secondary N) is 1. The van der Waals surface area contributed by atoms with Crippen molar-refractivity contribution in [1.82, 2.24) is 10.2 Å². The first-order valence-corrected chi connectivity index (χ1v) is 10.2. The van der Waals surface area contributed by atoms with E-state index in [1.807, 2.05) is 30.3 Å². The predicted molar refractivity (Wildman–Crippen MR) is 110 cm³/mol. The molecule has 4 rings (SSSR count). The van der Waals surface area contributed by atoms with Crippen molar-refractivity contribution in [3.05, 3.63) is 53.1 Å². The third-order valence-corrected chi connectivity index (χ3v) is 6.50. The molecular weight excluding hydrogens is 392 g/mol. The number of hydrogen-bond donors (Lipinski definition) is 1. The van der Waals surface area contributed by atoms with Crippen LogP contribution in [0.3, 0.4) is 0 Å². The van der Waals surface area contributed by atoms with E-state index in [4.69, 9.17) is 14.2 Å². The molecule has 8 heteroatoms. The van der Waals surface area contributed by atoms with Gasteiger partial charge in [-0.2, -0.15) is 0 Å². The Labute approximate surface area is 173 Å². The maximum absolute atomic E-state index is 13.2. The van der Waals surface area contributed by atoms with E-state index in [1.54, 1.807) is 29.8 Å². The molecule has 2 aliphatic rings. The molecule has 0 saturated carbocycles. The number of carbonyl (C=O) groups is 2. The van der Waals surface area contributed by atoms with Gasteiger partial charge in [0.25, 0.3) is 5.91 Å². The molecule has 0 unspecified atom stereocenters. The molecule has 7 nitrogen and oxygen atoms in total. The summed E-state index contributed by atoms with van der Waals surface area (Å²) in [5.41, 5.74) is 2.28. The fourth-order valence-corrected chi connectivity index (χ4v) is 5.24. The van der Waals surface area contributed by atoms with Crippen molar-refractivity contribution in [3.63, 3.8) is 0 Å². The SMILES string of the molecule is COc1cccc(CNC(=O)[C@@H]2CS[C@H]3c4ccc(OC)c(OC)c4C(=O)N23)c1. The van der Waals surface area contributed by atoms with Gasteiger partial charge in [-0.1, -0.05) is 18.2 Å². The van der Waals surface area contributed by atoms with Crippen LogP contribution in [0.1, 0.15) is 26.9 Å². The number of rotatable bonds is 6. The molecule has 2 heterocycles. The number of fused-ring (bicyclic) bond motifs is 3. The van der Waals surface area contributed by atoms with Crippen LogP contribution in [0.15, 0.2) is 36.4 Å². The van der Waals surface area contributed by atoms with E-state index in [9.17, 15) is 9.59 Å². The second-order valence-corrected chi connectivity index (χ2v) is 7.86. The summed E-state index contributed by atoms with van der Waals surface area (Å²) < 4.78 is 16.0. The third kappa shape index (κ3) is 3.27. The van der Waals surface area contributed by atoms with Crippen LogP contribution >= 0.6 is 11.8 Å². The minimum atomic E-state index is -0.536. The minimum absolute atomic E-state index is 0.171. The highest BCUT2D eigenvalue weighted by Crippen LogP contribution is 2.52. The van der Waals surface area contributed by atoms with Gasteiger partial charge in [0, 0.05) is 17.9 Å². The summed E-state index contributed by atoms with van der Waals surface area (Å²) >= 11 is 1.58. The zero-order chi connectivity index (χ0) is 20.5. The number of amides is 2. The predicted octanol–water partition coefficient (Wildman–Crippen LogP) is 2.60. The van der Waals surface area contributed by atoms with Crippen molar-refractivity contribution in [2.45, 2.75) is 18.0 Å². The molecular formula is C21H22N2O5S. The summed E-state index contributed by atoms with van der Waals surface area (Å²) in [6, 6.07) is 10.7. The van der Waals surface area contributed by atoms with Gasteiger partial charge in [-0.05, 0) is 23.8 Å². The van der Waals surface area contributed by atoms with Gasteiger partial charge in [0.15, 0.2) is 11.5 Å². The van der Waals surface area contributed by atoms with Crippen LogP contribution < -0.4 is 19.5 Å². The minimum Gasteiger partial charge on any atom is -0.497 e. The fraction of sp³-hybridized carbons (Fsp3) is 0.333. The Bertz CT molecular complexity index is 964. The zero-order valence-electron chi connectivity index (χ0n) is 16.4. The van der Waals surface area contributed by atoms with Crippen molar-refractivity contribution in [2.24, 2.45) is 0 Å². The van der Waals surface area contributed by atoms with Gasteiger partial charge in [0.1, 0.15) is 17.2 Å². The van der Waals surface area contributed by atoms with Gasteiger partial charge in [-0.15, -0.1) is 11.8 Å². The fourth-order valence-electron chi connectivity index (χ4n) is 3.78. The van der Waals surface area contributed by atoms with Crippen LogP contribution in [0.2, 0.25) is 0 Å². The molecule has 0 aromatic heterocycles. The monoisotopic (exact) mass is 414 g/mol. The van der Waals surface area contributed by atoms with Gasteiger partial charge < -0.3 is 24.4 Å². The molecule has 0 spiro atoms. The molecule has 2 amide bonds. The summed E-state index contributed by atoms with van der Waals surface area (Å²) in [4.78, 5) is 27.7. The third-order valence-electron chi connectivity index (χ3n) is 5.20. The first-order valence-electron chi connectivity index (χ1n) is 9.18. The molecule has 1 saturated heterocycles. The number of hydrogen-bond acceptors (Lipinski definition) is 6. The maximum Gasteiger partial charge on any atom is 0.260 e. The largest absolute Gasteiger partial charge is 0.497 e. The van der Waals surface area contributed by atoms with Crippen molar-refractivity contribution in [2.75, 3.05) is 27.1 Å². The highest BCUT2D eigenvalue weighted by Gasteiger charge is 2.50. The summed E-state index contributed by atoms with van der Waals surface area (Å²) in [6.07, 6.45) is 0. The van der Waals surface area contributed by atoms with E-state index < -0.39 is 6.04 Å². The number of carbonyl (C=O) groups excluding carboxylic acids is 2. The molecule has 2 aromatic carbocycles. The zero-order valence-corrected chi connectivity index (χ0v) is 17.2. The number of thioether (sulfide) groups is 1. The Balaban J connectivity index is 1.53. The smallest absolute Gasteiger partial charge is 0.260 e. The van der Waals surface area contributed by atoms with Gasteiger partial charge in [0.05, 0.1) is 26.9 Å². The second-order valence-electron chi connectivity index (χ2n) is 6.75. The first kappa shape index (κ1) is 19.4. The summed E-state index contributed by atoms with van der Waals surface area (Å²) in [5, 5.41) is 2.76. The number of nitrogens with zero attached hydrogens (tertiary/aromatic N) is 1. The lowest BCUT2D eigenvalue weighted by molar-refractivity contribution is -0.124. The molecule has 0 bridgehead atoms. The topological polar surface area (TPSA) is 77.1 Å². The van der Waals surface area contributed by atoms with Gasteiger partial charge in [0.2, 0.25) is 5.91 Å². The summed E-state index contributed by atoms with van der Waals surface area (Å²) in [5.74, 6) is 1.83. The van der Waals surface area contributed by atoms with Crippen molar-refractivity contribution in [1.29, 1.82) is 0 Å². The molecule has 0 radical (unpaired) electrons. The normalized spacial score (nSPS) is 19.6. The van der Waals surface area contributed by atoms with Crippen LogP contribution in [0.25, 0.3) is 0 Å². The highest BCUT2D eigenvalue weighted by atomic mass is 32.2. The lowest BCUT2D eigenvalue weighted by atomic mass is 10.1. The maximum atomic E-state index is 13.2. The molecule has 29 heavy (non-hydrogen) atoms. The quantitative estimate of drug-likeness (QED) is 0.783. The standard InChI is InChI=1S/C21H22N2O5S/c1-26-13-6-4-5-12(9-13)10-22-19(24)15-11-29-21-14-7-8-16(27-2)18(28-3)17(14)20(25)23(15)21/h4-9,15,21H,10-11H2,1-3H3,(H,22,24)/t15-,21-/m0/s1. The van der Waals surface area contributed by atoms with E-state index in [1.165, 1.54) is 14.2 Å². The van der Waals surface area contributed by atoms with Gasteiger partial charge in [-0.25, -0.2) is 0 Å². The van der Waals surface area contributed by atoms with Gasteiger partial charge in [-0.3, -0.25) is 9.59 Å². The van der Waals surface area contributed by atoms with E-state index in [2.05, 4.69) is 5.32 Å². The molecule has 2 atom stereocenters. The molecule has 1 N–H and O–H groups in total. The lowest BCUT2D eigenvalue weighted by Gasteiger charge is -2.22. The Morgan fingerprint density at radius 3 is 2.72 bits per heavy atom. The Hall–Kier alpha value is -2.87.